The third kappa shape index (κ3) is 4.87. The number of carbonyl (C=O) groups is 2. The Morgan fingerprint density at radius 3 is 3.11 bits per heavy atom. The molecule has 0 aliphatic rings. The first-order chi connectivity index (χ1) is 9.22. The van der Waals surface area contributed by atoms with Crippen LogP contribution in [0.5, 0.6) is 0 Å². The molecule has 0 aromatic carbocycles. The predicted octanol–water partition coefficient (Wildman–Crippen LogP) is 1.32. The highest BCUT2D eigenvalue weighted by Gasteiger charge is 2.19. The zero-order valence-corrected chi connectivity index (χ0v) is 12.0. The van der Waals surface area contributed by atoms with Crippen molar-refractivity contribution in [2.45, 2.75) is 6.92 Å². The zero-order chi connectivity index (χ0) is 14.1. The van der Waals surface area contributed by atoms with Gasteiger partial charge in [-0.25, -0.2) is 9.78 Å². The topological polar surface area (TPSA) is 89.9 Å². The zero-order valence-electron chi connectivity index (χ0n) is 10.4. The fraction of sp³-hybridized carbons (Fsp3) is 0.400. The molecule has 0 atom stereocenters. The number of esters is 1. The number of thiazole rings is 1. The highest BCUT2D eigenvalue weighted by Crippen LogP contribution is 2.16. The number of anilines is 1. The minimum Gasteiger partial charge on any atom is -0.461 e. The molecule has 1 rings (SSSR count). The molecule has 19 heavy (non-hydrogen) atoms. The summed E-state index contributed by atoms with van der Waals surface area (Å²) in [6, 6.07) is 0. The highest BCUT2D eigenvalue weighted by molar-refractivity contribution is 7.98. The van der Waals surface area contributed by atoms with Crippen LogP contribution < -0.4 is 5.32 Å². The minimum absolute atomic E-state index is 0.0221. The Hall–Kier alpha value is -1.61. The number of oxime groups is 1. The molecule has 0 saturated carbocycles. The maximum Gasteiger partial charge on any atom is 0.362 e. The number of carbonyl (C=O) groups excluding carboxylic acids is 2. The molecule has 0 bridgehead atoms. The van der Waals surface area contributed by atoms with Crippen molar-refractivity contribution in [2.75, 3.05) is 24.1 Å². The number of hydrogen-bond acceptors (Lipinski definition) is 8. The highest BCUT2D eigenvalue weighted by atomic mass is 32.2. The van der Waals surface area contributed by atoms with E-state index in [1.54, 1.807) is 12.3 Å². The number of hydrogen-bond donors (Lipinski definition) is 1. The van der Waals surface area contributed by atoms with Gasteiger partial charge in [-0.05, 0) is 13.2 Å². The Labute approximate surface area is 118 Å². The van der Waals surface area contributed by atoms with Gasteiger partial charge in [0.05, 0.1) is 6.61 Å². The lowest BCUT2D eigenvalue weighted by Gasteiger charge is -2.03. The summed E-state index contributed by atoms with van der Waals surface area (Å²) >= 11 is 2.59. The molecule has 0 aliphatic carbocycles. The maximum absolute atomic E-state index is 11.7. The van der Waals surface area contributed by atoms with Gasteiger partial charge in [-0.3, -0.25) is 4.79 Å². The number of thioether (sulfide) groups is 1. The van der Waals surface area contributed by atoms with E-state index in [9.17, 15) is 9.59 Å². The van der Waals surface area contributed by atoms with Gasteiger partial charge in [-0.2, -0.15) is 0 Å². The molecule has 0 radical (unpaired) electrons. The minimum atomic E-state index is -0.619. The molecule has 1 N–H and O–H groups in total. The van der Waals surface area contributed by atoms with Crippen LogP contribution in [0.2, 0.25) is 0 Å². The number of rotatable bonds is 8. The summed E-state index contributed by atoms with van der Waals surface area (Å²) in [7, 11) is 0. The molecule has 1 amide bonds. The summed E-state index contributed by atoms with van der Waals surface area (Å²) < 4.78 is 4.88. The fourth-order valence-corrected chi connectivity index (χ4v) is 1.84. The van der Waals surface area contributed by atoms with Crippen molar-refractivity contribution in [2.24, 2.45) is 5.16 Å². The van der Waals surface area contributed by atoms with Gasteiger partial charge < -0.3 is 14.9 Å². The van der Waals surface area contributed by atoms with E-state index in [1.807, 2.05) is 6.26 Å². The fourth-order valence-electron chi connectivity index (χ4n) is 1.03. The molecule has 0 spiro atoms. The summed E-state index contributed by atoms with van der Waals surface area (Å²) in [6.45, 7) is 1.92. The second kappa shape index (κ2) is 8.48. The van der Waals surface area contributed by atoms with Crippen molar-refractivity contribution in [1.82, 2.24) is 4.98 Å². The van der Waals surface area contributed by atoms with Gasteiger partial charge in [-0.15, -0.1) is 23.1 Å². The van der Waals surface area contributed by atoms with Crippen molar-refractivity contribution in [3.05, 3.63) is 11.1 Å². The normalized spacial score (nSPS) is 10.9. The summed E-state index contributed by atoms with van der Waals surface area (Å²) in [4.78, 5) is 31.0. The van der Waals surface area contributed by atoms with Crippen molar-refractivity contribution < 1.29 is 19.2 Å². The number of amides is 1. The summed E-state index contributed by atoms with van der Waals surface area (Å²) in [5.41, 5.74) is 0.278. The van der Waals surface area contributed by atoms with Crippen LogP contribution in [0.3, 0.4) is 0 Å². The Morgan fingerprint density at radius 2 is 2.47 bits per heavy atom. The predicted molar refractivity (Wildman–Crippen MR) is 74.4 cm³/mol. The van der Waals surface area contributed by atoms with E-state index in [4.69, 9.17) is 9.57 Å². The lowest BCUT2D eigenvalue weighted by Crippen LogP contribution is -2.19. The first-order valence-electron chi connectivity index (χ1n) is 5.25. The average Bonchev–Trinajstić information content (AvgIpc) is 2.84. The van der Waals surface area contributed by atoms with Gasteiger partial charge in [-0.1, -0.05) is 5.16 Å². The molecule has 7 nitrogen and oxygen atoms in total. The van der Waals surface area contributed by atoms with E-state index in [1.165, 1.54) is 23.1 Å². The van der Waals surface area contributed by atoms with E-state index in [-0.39, 0.29) is 12.3 Å². The number of nitrogens with zero attached hydrogens (tertiary/aromatic N) is 2. The summed E-state index contributed by atoms with van der Waals surface area (Å²) in [5, 5.41) is 8.08. The van der Waals surface area contributed by atoms with E-state index in [0.717, 1.165) is 0 Å². The molecule has 9 heteroatoms. The third-order valence-corrected chi connectivity index (χ3v) is 2.84. The molecule has 1 aromatic rings. The first-order valence-corrected chi connectivity index (χ1v) is 7.52. The van der Waals surface area contributed by atoms with E-state index in [0.29, 0.717) is 23.2 Å². The van der Waals surface area contributed by atoms with Crippen LogP contribution in [-0.2, 0) is 19.2 Å². The lowest BCUT2D eigenvalue weighted by atomic mass is 10.3. The molecular formula is C10H13N3O4S2. The van der Waals surface area contributed by atoms with Gasteiger partial charge in [0.15, 0.2) is 11.1 Å². The second-order valence-corrected chi connectivity index (χ2v) is 4.67. The second-order valence-electron chi connectivity index (χ2n) is 3.00. The van der Waals surface area contributed by atoms with E-state index in [2.05, 4.69) is 15.5 Å². The molecule has 0 saturated heterocycles. The average molecular weight is 303 g/mol. The van der Waals surface area contributed by atoms with Crippen LogP contribution in [0.25, 0.3) is 0 Å². The molecule has 1 heterocycles. The maximum atomic E-state index is 11.7. The molecule has 1 aromatic heterocycles. The smallest absolute Gasteiger partial charge is 0.362 e. The van der Waals surface area contributed by atoms with Crippen molar-refractivity contribution >= 4 is 46.3 Å². The Morgan fingerprint density at radius 1 is 1.68 bits per heavy atom. The lowest BCUT2D eigenvalue weighted by molar-refractivity contribution is -0.135. The van der Waals surface area contributed by atoms with Crippen molar-refractivity contribution in [1.29, 1.82) is 0 Å². The number of ether oxygens (including phenoxy) is 1. The summed E-state index contributed by atoms with van der Waals surface area (Å²) in [5.74, 6) is -0.307. The van der Waals surface area contributed by atoms with Crippen molar-refractivity contribution in [3.8, 4) is 0 Å². The van der Waals surface area contributed by atoms with E-state index < -0.39 is 5.97 Å². The van der Waals surface area contributed by atoms with Crippen LogP contribution in [0, 0.1) is 0 Å². The van der Waals surface area contributed by atoms with Gasteiger partial charge in [0.2, 0.25) is 12.1 Å². The number of aromatic nitrogens is 1. The Balaban J connectivity index is 2.90. The number of nitrogens with one attached hydrogen (secondary N) is 1. The van der Waals surface area contributed by atoms with Crippen LogP contribution >= 0.6 is 23.1 Å². The van der Waals surface area contributed by atoms with Crippen LogP contribution in [-0.4, -0.2) is 41.9 Å². The van der Waals surface area contributed by atoms with Crippen LogP contribution in [0.4, 0.5) is 5.13 Å². The van der Waals surface area contributed by atoms with Crippen molar-refractivity contribution in [3.63, 3.8) is 0 Å². The standard InChI is InChI=1S/C10H13N3O4S2/c1-3-16-9(15)8(13-17-6-18-2)7-4-19-10(12-7)11-5-14/h4-5H,3,6H2,1-2H3,(H,11,12,14)/b13-8-. The first kappa shape index (κ1) is 15.4. The van der Waals surface area contributed by atoms with Crippen LogP contribution in [0.15, 0.2) is 10.5 Å². The van der Waals surface area contributed by atoms with Gasteiger partial charge in [0.1, 0.15) is 5.69 Å². The molecule has 0 aliphatic heterocycles. The monoisotopic (exact) mass is 303 g/mol. The van der Waals surface area contributed by atoms with Gasteiger partial charge in [0.25, 0.3) is 0 Å². The summed E-state index contributed by atoms with van der Waals surface area (Å²) in [6.07, 6.45) is 2.35. The Bertz CT molecular complexity index is 461. The third-order valence-electron chi connectivity index (χ3n) is 1.72. The molecule has 104 valence electrons. The SMILES string of the molecule is CCOC(=O)/C(=N\OCSC)c1csc(NC=O)n1. The molecule has 0 fully saturated rings. The largest absolute Gasteiger partial charge is 0.461 e. The van der Waals surface area contributed by atoms with E-state index >= 15 is 0 Å². The molecule has 0 unspecified atom stereocenters. The Kier molecular flexibility index (Phi) is 6.90. The quantitative estimate of drug-likeness (QED) is 0.194. The van der Waals surface area contributed by atoms with Crippen LogP contribution in [0.1, 0.15) is 12.6 Å². The molecular weight excluding hydrogens is 290 g/mol. The van der Waals surface area contributed by atoms with Gasteiger partial charge >= 0.3 is 5.97 Å². The van der Waals surface area contributed by atoms with Gasteiger partial charge in [0, 0.05) is 5.38 Å².